The quantitative estimate of drug-likeness (QED) is 0.384. The Balaban J connectivity index is 1.45. The predicted octanol–water partition coefficient (Wildman–Crippen LogP) is 3.02. The van der Waals surface area contributed by atoms with Crippen LogP contribution >= 0.6 is 0 Å². The fourth-order valence-corrected chi connectivity index (χ4v) is 4.85. The molecule has 5 rings (SSSR count). The first-order valence-corrected chi connectivity index (χ1v) is 11.8. The number of rotatable bonds is 8. The number of fused-ring (bicyclic) bond motifs is 1. The van der Waals surface area contributed by atoms with Gasteiger partial charge in [0.15, 0.2) is 0 Å². The molecule has 36 heavy (non-hydrogen) atoms. The second-order valence-corrected chi connectivity index (χ2v) is 9.08. The monoisotopic (exact) mass is 489 g/mol. The zero-order chi connectivity index (χ0) is 25.2. The number of carbonyl (C=O) groups is 2. The SMILES string of the molecule is Cc1nonc1CN1CCN(C(C(=O)O)c2cn(Cc3ccccc3)c3cc(C(=O)O)ccc23)CC1. The van der Waals surface area contributed by atoms with Crippen molar-refractivity contribution in [3.8, 4) is 0 Å². The molecule has 1 saturated heterocycles. The van der Waals surface area contributed by atoms with Crippen LogP contribution in [0.4, 0.5) is 0 Å². The van der Waals surface area contributed by atoms with Crippen molar-refractivity contribution in [1.29, 1.82) is 0 Å². The van der Waals surface area contributed by atoms with E-state index in [2.05, 4.69) is 15.2 Å². The van der Waals surface area contributed by atoms with E-state index in [1.807, 2.05) is 52.9 Å². The van der Waals surface area contributed by atoms with Crippen LogP contribution in [-0.2, 0) is 17.9 Å². The zero-order valence-corrected chi connectivity index (χ0v) is 19.9. The lowest BCUT2D eigenvalue weighted by molar-refractivity contribution is -0.144. The number of nitrogens with zero attached hydrogens (tertiary/aromatic N) is 5. The van der Waals surface area contributed by atoms with Crippen molar-refractivity contribution in [3.05, 3.63) is 82.8 Å². The molecule has 1 aliphatic heterocycles. The molecule has 2 aromatic heterocycles. The van der Waals surface area contributed by atoms with Crippen LogP contribution in [0.25, 0.3) is 10.9 Å². The first kappa shape index (κ1) is 23.7. The number of aromatic carboxylic acids is 1. The minimum atomic E-state index is -1.02. The normalized spacial score (nSPS) is 15.8. The number of piperazine rings is 1. The topological polar surface area (TPSA) is 125 Å². The molecule has 0 saturated carbocycles. The summed E-state index contributed by atoms with van der Waals surface area (Å²) in [7, 11) is 0. The minimum Gasteiger partial charge on any atom is -0.480 e. The predicted molar refractivity (Wildman–Crippen MR) is 131 cm³/mol. The standard InChI is InChI=1S/C26H27N5O5/c1-17-22(28-36-27-17)16-29-9-11-30(12-10-29)24(26(34)35)21-15-31(14-18-5-3-2-4-6-18)23-13-19(25(32)33)7-8-20(21)23/h2-8,13,15,24H,9-12,14,16H2,1H3,(H,32,33)(H,34,35). The Bertz CT molecular complexity index is 1390. The maximum Gasteiger partial charge on any atom is 0.335 e. The third kappa shape index (κ3) is 4.73. The maximum atomic E-state index is 12.6. The molecule has 10 nitrogen and oxygen atoms in total. The minimum absolute atomic E-state index is 0.166. The van der Waals surface area contributed by atoms with Crippen LogP contribution in [-0.4, -0.2) is 73.0 Å². The van der Waals surface area contributed by atoms with Crippen molar-refractivity contribution in [2.24, 2.45) is 0 Å². The molecule has 3 heterocycles. The Hall–Kier alpha value is -4.02. The Morgan fingerprint density at radius 1 is 1.00 bits per heavy atom. The van der Waals surface area contributed by atoms with Gasteiger partial charge in [-0.2, -0.15) is 0 Å². The first-order chi connectivity index (χ1) is 17.4. The van der Waals surface area contributed by atoms with E-state index in [4.69, 9.17) is 4.63 Å². The summed E-state index contributed by atoms with van der Waals surface area (Å²) in [6, 6.07) is 13.8. The molecule has 1 unspecified atom stereocenters. The van der Waals surface area contributed by atoms with Crippen LogP contribution < -0.4 is 0 Å². The lowest BCUT2D eigenvalue weighted by atomic mass is 10.0. The molecular formula is C26H27N5O5. The summed E-state index contributed by atoms with van der Waals surface area (Å²) in [5.74, 6) is -1.95. The molecule has 2 N–H and O–H groups in total. The van der Waals surface area contributed by atoms with E-state index < -0.39 is 18.0 Å². The maximum absolute atomic E-state index is 12.6. The van der Waals surface area contributed by atoms with E-state index in [-0.39, 0.29) is 5.56 Å². The van der Waals surface area contributed by atoms with E-state index in [9.17, 15) is 19.8 Å². The van der Waals surface area contributed by atoms with Crippen LogP contribution in [0, 0.1) is 6.92 Å². The highest BCUT2D eigenvalue weighted by Crippen LogP contribution is 2.32. The lowest BCUT2D eigenvalue weighted by Crippen LogP contribution is -2.48. The fraction of sp³-hybridized carbons (Fsp3) is 0.308. The molecule has 0 spiro atoms. The number of aryl methyl sites for hydroxylation is 1. The highest BCUT2D eigenvalue weighted by molar-refractivity contribution is 5.96. The molecule has 0 amide bonds. The van der Waals surface area contributed by atoms with Gasteiger partial charge in [0.05, 0.1) is 5.56 Å². The first-order valence-electron chi connectivity index (χ1n) is 11.8. The van der Waals surface area contributed by atoms with Gasteiger partial charge in [0.2, 0.25) is 0 Å². The number of hydrogen-bond donors (Lipinski definition) is 2. The Morgan fingerprint density at radius 2 is 1.75 bits per heavy atom. The number of carboxylic acids is 2. The Kier molecular flexibility index (Phi) is 6.53. The fourth-order valence-electron chi connectivity index (χ4n) is 4.85. The van der Waals surface area contributed by atoms with Gasteiger partial charge in [-0.25, -0.2) is 9.42 Å². The van der Waals surface area contributed by atoms with E-state index in [1.54, 1.807) is 12.1 Å². The summed E-state index contributed by atoms with van der Waals surface area (Å²) < 4.78 is 6.73. The second-order valence-electron chi connectivity index (χ2n) is 9.08. The van der Waals surface area contributed by atoms with Gasteiger partial charge in [-0.1, -0.05) is 46.7 Å². The largest absolute Gasteiger partial charge is 0.480 e. The second kappa shape index (κ2) is 9.92. The van der Waals surface area contributed by atoms with E-state index in [0.717, 1.165) is 22.3 Å². The number of benzene rings is 2. The molecule has 10 heteroatoms. The number of hydrogen-bond acceptors (Lipinski definition) is 7. The van der Waals surface area contributed by atoms with E-state index in [0.29, 0.717) is 50.3 Å². The molecule has 1 aliphatic rings. The Labute approximate surface area is 207 Å². The van der Waals surface area contributed by atoms with E-state index in [1.165, 1.54) is 6.07 Å². The number of aromatic nitrogens is 3. The smallest absolute Gasteiger partial charge is 0.335 e. The van der Waals surface area contributed by atoms with Gasteiger partial charge in [0.1, 0.15) is 17.4 Å². The van der Waals surface area contributed by atoms with Crippen molar-refractivity contribution >= 4 is 22.8 Å². The van der Waals surface area contributed by atoms with Gasteiger partial charge in [0.25, 0.3) is 0 Å². The van der Waals surface area contributed by atoms with Crippen molar-refractivity contribution < 1.29 is 24.4 Å². The van der Waals surface area contributed by atoms with Gasteiger partial charge >= 0.3 is 11.9 Å². The Morgan fingerprint density at radius 3 is 2.39 bits per heavy atom. The van der Waals surface area contributed by atoms with Crippen molar-refractivity contribution in [1.82, 2.24) is 24.7 Å². The summed E-state index contributed by atoms with van der Waals surface area (Å²) in [5, 5.41) is 28.4. The molecule has 0 bridgehead atoms. The van der Waals surface area contributed by atoms with Crippen LogP contribution in [0.3, 0.4) is 0 Å². The van der Waals surface area contributed by atoms with Gasteiger partial charge in [-0.15, -0.1) is 0 Å². The molecule has 1 atom stereocenters. The van der Waals surface area contributed by atoms with Gasteiger partial charge in [0, 0.05) is 61.9 Å². The summed E-state index contributed by atoms with van der Waals surface area (Å²) in [6.45, 7) is 5.47. The number of carboxylic acid groups (broad SMARTS) is 2. The van der Waals surface area contributed by atoms with Crippen LogP contribution in [0.5, 0.6) is 0 Å². The molecule has 0 aliphatic carbocycles. The van der Waals surface area contributed by atoms with Crippen molar-refractivity contribution in [3.63, 3.8) is 0 Å². The molecular weight excluding hydrogens is 462 g/mol. The molecule has 1 fully saturated rings. The third-order valence-corrected chi connectivity index (χ3v) is 6.78. The average Bonchev–Trinajstić information content (AvgIpc) is 3.43. The zero-order valence-electron chi connectivity index (χ0n) is 19.9. The van der Waals surface area contributed by atoms with Crippen molar-refractivity contribution in [2.75, 3.05) is 26.2 Å². The lowest BCUT2D eigenvalue weighted by Gasteiger charge is -2.37. The van der Waals surface area contributed by atoms with E-state index >= 15 is 0 Å². The molecule has 0 radical (unpaired) electrons. The van der Waals surface area contributed by atoms with Crippen LogP contribution in [0.2, 0.25) is 0 Å². The molecule has 186 valence electrons. The van der Waals surface area contributed by atoms with Gasteiger partial charge in [-0.3, -0.25) is 14.6 Å². The van der Waals surface area contributed by atoms with Crippen LogP contribution in [0.15, 0.2) is 59.4 Å². The highest BCUT2D eigenvalue weighted by atomic mass is 16.6. The van der Waals surface area contributed by atoms with Crippen molar-refractivity contribution in [2.45, 2.75) is 26.1 Å². The summed E-state index contributed by atoms with van der Waals surface area (Å²) in [6.07, 6.45) is 1.86. The van der Waals surface area contributed by atoms with Crippen LogP contribution in [0.1, 0.15) is 38.9 Å². The van der Waals surface area contributed by atoms with Gasteiger partial charge < -0.3 is 14.8 Å². The van der Waals surface area contributed by atoms with Gasteiger partial charge in [-0.05, 0) is 24.6 Å². The third-order valence-electron chi connectivity index (χ3n) is 6.78. The summed E-state index contributed by atoms with van der Waals surface area (Å²) in [4.78, 5) is 28.4. The summed E-state index contributed by atoms with van der Waals surface area (Å²) >= 11 is 0. The molecule has 2 aromatic carbocycles. The highest BCUT2D eigenvalue weighted by Gasteiger charge is 2.33. The molecule has 4 aromatic rings. The average molecular weight is 490 g/mol. The summed E-state index contributed by atoms with van der Waals surface area (Å²) in [5.41, 5.74) is 4.12. The number of aliphatic carboxylic acids is 1.